The zero-order chi connectivity index (χ0) is 10.1. The van der Waals surface area contributed by atoms with E-state index in [-0.39, 0.29) is 5.75 Å². The van der Waals surface area contributed by atoms with Gasteiger partial charge in [-0.25, -0.2) is 4.79 Å². The van der Waals surface area contributed by atoms with E-state index in [4.69, 9.17) is 5.11 Å². The summed E-state index contributed by atoms with van der Waals surface area (Å²) >= 11 is 0. The minimum Gasteiger partial charge on any atom is -0.508 e. The maximum atomic E-state index is 11.0. The third-order valence-corrected chi connectivity index (χ3v) is 1.93. The Labute approximate surface area is 79.2 Å². The van der Waals surface area contributed by atoms with Crippen LogP contribution in [-0.2, 0) is 7.05 Å². The van der Waals surface area contributed by atoms with Crippen LogP contribution in [0.2, 0.25) is 0 Å². The molecule has 1 aromatic carbocycles. The Bertz CT molecular complexity index is 496. The monoisotopic (exact) mass is 192 g/mol. The molecule has 0 saturated carbocycles. The van der Waals surface area contributed by atoms with Crippen molar-refractivity contribution in [1.82, 2.24) is 9.72 Å². The summed E-state index contributed by atoms with van der Waals surface area (Å²) in [5.74, 6) is 0.102. The molecular formula is C9H8N2O3. The summed E-state index contributed by atoms with van der Waals surface area (Å²) in [5.41, 5.74) is 0.719. The topological polar surface area (TPSA) is 68.3 Å². The maximum Gasteiger partial charge on any atom is 0.441 e. The van der Waals surface area contributed by atoms with Crippen LogP contribution in [0.3, 0.4) is 0 Å². The fraction of sp³-hybridized carbons (Fsp3) is 0.111. The third kappa shape index (κ3) is 1.28. The molecule has 0 aliphatic rings. The standard InChI is InChI=1S/C9H8N2O3/c1-11-8(10-14-9(11)13)6-2-4-7(12)5-3-6/h2-5,12H,1H3. The molecule has 0 bridgehead atoms. The molecule has 5 nitrogen and oxygen atoms in total. The molecule has 0 spiro atoms. The van der Waals surface area contributed by atoms with Crippen LogP contribution in [-0.4, -0.2) is 14.8 Å². The van der Waals surface area contributed by atoms with Gasteiger partial charge in [0.05, 0.1) is 0 Å². The molecule has 0 amide bonds. The molecule has 1 aromatic heterocycles. The number of hydrogen-bond donors (Lipinski definition) is 1. The largest absolute Gasteiger partial charge is 0.508 e. The molecule has 0 saturated heterocycles. The van der Waals surface area contributed by atoms with Crippen LogP contribution in [0, 0.1) is 0 Å². The number of aromatic hydroxyl groups is 1. The van der Waals surface area contributed by atoms with Gasteiger partial charge in [-0.05, 0) is 24.3 Å². The number of benzene rings is 1. The highest BCUT2D eigenvalue weighted by atomic mass is 16.5. The van der Waals surface area contributed by atoms with E-state index >= 15 is 0 Å². The SMILES string of the molecule is Cn1c(-c2ccc(O)cc2)noc1=O. The quantitative estimate of drug-likeness (QED) is 0.723. The second kappa shape index (κ2) is 3.02. The minimum atomic E-state index is -0.506. The highest BCUT2D eigenvalue weighted by Crippen LogP contribution is 2.18. The van der Waals surface area contributed by atoms with Gasteiger partial charge in [0.1, 0.15) is 5.75 Å². The Morgan fingerprint density at radius 2 is 2.00 bits per heavy atom. The molecule has 0 fully saturated rings. The molecule has 0 radical (unpaired) electrons. The van der Waals surface area contributed by atoms with Crippen LogP contribution >= 0.6 is 0 Å². The average molecular weight is 192 g/mol. The van der Waals surface area contributed by atoms with Crippen LogP contribution in [0.25, 0.3) is 11.4 Å². The number of phenolic OH excluding ortho intramolecular Hbond substituents is 1. The molecule has 0 atom stereocenters. The van der Waals surface area contributed by atoms with Gasteiger partial charge in [0.15, 0.2) is 5.82 Å². The number of aromatic nitrogens is 2. The lowest BCUT2D eigenvalue weighted by Crippen LogP contribution is -2.09. The molecule has 2 aromatic rings. The summed E-state index contributed by atoms with van der Waals surface area (Å²) in [6.07, 6.45) is 0. The highest BCUT2D eigenvalue weighted by Gasteiger charge is 2.08. The number of phenols is 1. The molecular weight excluding hydrogens is 184 g/mol. The fourth-order valence-electron chi connectivity index (χ4n) is 1.15. The van der Waals surface area contributed by atoms with Crippen molar-refractivity contribution in [3.05, 3.63) is 34.8 Å². The van der Waals surface area contributed by atoms with Crippen LogP contribution in [0.5, 0.6) is 5.75 Å². The molecule has 0 unspecified atom stereocenters. The summed E-state index contributed by atoms with van der Waals surface area (Å²) in [6, 6.07) is 6.36. The van der Waals surface area contributed by atoms with Crippen molar-refractivity contribution in [2.24, 2.45) is 7.05 Å². The molecule has 1 N–H and O–H groups in total. The van der Waals surface area contributed by atoms with Crippen molar-refractivity contribution < 1.29 is 9.63 Å². The number of hydrogen-bond acceptors (Lipinski definition) is 4. The predicted molar refractivity (Wildman–Crippen MR) is 48.8 cm³/mol. The molecule has 5 heteroatoms. The van der Waals surface area contributed by atoms with Gasteiger partial charge in [0, 0.05) is 12.6 Å². The van der Waals surface area contributed by atoms with E-state index in [1.165, 1.54) is 16.7 Å². The lowest BCUT2D eigenvalue weighted by Gasteiger charge is -1.97. The van der Waals surface area contributed by atoms with Gasteiger partial charge >= 0.3 is 5.76 Å². The van der Waals surface area contributed by atoms with E-state index in [0.29, 0.717) is 5.82 Å². The van der Waals surface area contributed by atoms with Gasteiger partial charge in [-0.1, -0.05) is 5.16 Å². The third-order valence-electron chi connectivity index (χ3n) is 1.93. The maximum absolute atomic E-state index is 11.0. The highest BCUT2D eigenvalue weighted by molar-refractivity contribution is 5.55. The van der Waals surface area contributed by atoms with E-state index in [9.17, 15) is 4.79 Å². The minimum absolute atomic E-state index is 0.169. The Morgan fingerprint density at radius 3 is 2.50 bits per heavy atom. The van der Waals surface area contributed by atoms with Crippen molar-refractivity contribution in [1.29, 1.82) is 0 Å². The van der Waals surface area contributed by atoms with Gasteiger partial charge in [-0.2, -0.15) is 0 Å². The second-order valence-electron chi connectivity index (χ2n) is 2.88. The summed E-state index contributed by atoms with van der Waals surface area (Å²) in [7, 11) is 1.57. The molecule has 0 aliphatic heterocycles. The van der Waals surface area contributed by atoms with E-state index < -0.39 is 5.76 Å². The molecule has 0 aliphatic carbocycles. The van der Waals surface area contributed by atoms with Crippen molar-refractivity contribution in [2.45, 2.75) is 0 Å². The lowest BCUT2D eigenvalue weighted by atomic mass is 10.2. The van der Waals surface area contributed by atoms with Gasteiger partial charge in [0.2, 0.25) is 0 Å². The van der Waals surface area contributed by atoms with Gasteiger partial charge < -0.3 is 5.11 Å². The first-order valence-electron chi connectivity index (χ1n) is 4.00. The molecule has 14 heavy (non-hydrogen) atoms. The van der Waals surface area contributed by atoms with Gasteiger partial charge in [-0.3, -0.25) is 9.09 Å². The molecule has 1 heterocycles. The first kappa shape index (κ1) is 8.55. The summed E-state index contributed by atoms with van der Waals surface area (Å²) in [5, 5.41) is 12.7. The first-order valence-corrected chi connectivity index (χ1v) is 4.00. The fourth-order valence-corrected chi connectivity index (χ4v) is 1.15. The summed E-state index contributed by atoms with van der Waals surface area (Å²) < 4.78 is 5.77. The van der Waals surface area contributed by atoms with Crippen LogP contribution in [0.4, 0.5) is 0 Å². The Hall–Kier alpha value is -2.04. The normalized spacial score (nSPS) is 10.4. The van der Waals surface area contributed by atoms with E-state index in [1.807, 2.05) is 0 Å². The van der Waals surface area contributed by atoms with Gasteiger partial charge in [0.25, 0.3) is 0 Å². The Balaban J connectivity index is 2.55. The average Bonchev–Trinajstić information content (AvgIpc) is 2.50. The summed E-state index contributed by atoms with van der Waals surface area (Å²) in [6.45, 7) is 0. The number of rotatable bonds is 1. The zero-order valence-electron chi connectivity index (χ0n) is 7.47. The molecule has 2 rings (SSSR count). The van der Waals surface area contributed by atoms with Crippen LogP contribution in [0.1, 0.15) is 0 Å². The lowest BCUT2D eigenvalue weighted by molar-refractivity contribution is 0.380. The van der Waals surface area contributed by atoms with Crippen molar-refractivity contribution >= 4 is 0 Å². The predicted octanol–water partition coefficient (Wildman–Crippen LogP) is 0.746. The smallest absolute Gasteiger partial charge is 0.441 e. The van der Waals surface area contributed by atoms with E-state index in [0.717, 1.165) is 5.56 Å². The van der Waals surface area contributed by atoms with Crippen molar-refractivity contribution in [3.8, 4) is 17.1 Å². The molecule has 72 valence electrons. The van der Waals surface area contributed by atoms with Crippen molar-refractivity contribution in [2.75, 3.05) is 0 Å². The Kier molecular flexibility index (Phi) is 1.85. The van der Waals surface area contributed by atoms with E-state index in [1.54, 1.807) is 19.2 Å². The number of nitrogens with zero attached hydrogens (tertiary/aromatic N) is 2. The second-order valence-corrected chi connectivity index (χ2v) is 2.88. The van der Waals surface area contributed by atoms with E-state index in [2.05, 4.69) is 9.68 Å². The van der Waals surface area contributed by atoms with Crippen LogP contribution in [0.15, 0.2) is 33.6 Å². The van der Waals surface area contributed by atoms with Crippen LogP contribution < -0.4 is 5.76 Å². The van der Waals surface area contributed by atoms with Gasteiger partial charge in [-0.15, -0.1) is 0 Å². The Morgan fingerprint density at radius 1 is 1.36 bits per heavy atom. The first-order chi connectivity index (χ1) is 6.68. The zero-order valence-corrected chi connectivity index (χ0v) is 7.47. The van der Waals surface area contributed by atoms with Crippen molar-refractivity contribution in [3.63, 3.8) is 0 Å². The summed E-state index contributed by atoms with van der Waals surface area (Å²) in [4.78, 5) is 11.0.